The van der Waals surface area contributed by atoms with Crippen molar-refractivity contribution in [3.05, 3.63) is 23.2 Å². The first-order valence-electron chi connectivity index (χ1n) is 6.55. The predicted octanol–water partition coefficient (Wildman–Crippen LogP) is 3.04. The lowest BCUT2D eigenvalue weighted by molar-refractivity contribution is 0.00578. The maximum atomic E-state index is 6.07. The summed E-state index contributed by atoms with van der Waals surface area (Å²) in [5, 5.41) is 0.646. The van der Waals surface area contributed by atoms with Crippen LogP contribution < -0.4 is 10.2 Å². The van der Waals surface area contributed by atoms with Crippen LogP contribution in [0.25, 0.3) is 0 Å². The molecule has 5 heteroatoms. The van der Waals surface area contributed by atoms with Crippen LogP contribution in [0, 0.1) is 0 Å². The van der Waals surface area contributed by atoms with E-state index in [2.05, 4.69) is 0 Å². The molecule has 1 aromatic rings. The van der Waals surface area contributed by atoms with Crippen molar-refractivity contribution >= 4 is 24.2 Å². The topological polar surface area (TPSA) is 27.7 Å². The Bertz CT molecular complexity index is 458. The summed E-state index contributed by atoms with van der Waals surface area (Å²) < 4.78 is 17.7. The quantitative estimate of drug-likeness (QED) is 0.798. The van der Waals surface area contributed by atoms with E-state index in [1.807, 2.05) is 46.8 Å². The van der Waals surface area contributed by atoms with Crippen LogP contribution in [0.15, 0.2) is 18.2 Å². The fourth-order valence-corrected chi connectivity index (χ4v) is 2.14. The van der Waals surface area contributed by atoms with E-state index in [0.29, 0.717) is 11.6 Å². The van der Waals surface area contributed by atoms with E-state index in [-0.39, 0.29) is 11.2 Å². The second-order valence-corrected chi connectivity index (χ2v) is 6.14. The largest absolute Gasteiger partial charge is 0.498 e. The van der Waals surface area contributed by atoms with Crippen LogP contribution in [-0.4, -0.2) is 24.9 Å². The van der Waals surface area contributed by atoms with Gasteiger partial charge in [-0.25, -0.2) is 0 Å². The minimum atomic E-state index is -0.453. The third kappa shape index (κ3) is 2.76. The second-order valence-electron chi connectivity index (χ2n) is 5.70. The fourth-order valence-electron chi connectivity index (χ4n) is 1.96. The number of ether oxygens (including phenoxy) is 1. The number of halogens is 1. The first-order valence-corrected chi connectivity index (χ1v) is 6.92. The molecule has 0 aromatic heterocycles. The molecule has 0 amide bonds. The molecule has 3 nitrogen and oxygen atoms in total. The lowest BCUT2D eigenvalue weighted by Gasteiger charge is -2.32. The SMILES string of the molecule is CCOc1ccc(Cl)cc1B1OC(C)(C)C(C)(C)O1. The van der Waals surface area contributed by atoms with E-state index in [9.17, 15) is 0 Å². The number of benzene rings is 1. The van der Waals surface area contributed by atoms with Crippen molar-refractivity contribution in [1.29, 1.82) is 0 Å². The average molecular weight is 283 g/mol. The molecule has 1 aromatic carbocycles. The molecule has 104 valence electrons. The van der Waals surface area contributed by atoms with Gasteiger partial charge in [0, 0.05) is 10.5 Å². The summed E-state index contributed by atoms with van der Waals surface area (Å²) in [5.41, 5.74) is 0.0976. The monoisotopic (exact) mass is 282 g/mol. The zero-order valence-electron chi connectivity index (χ0n) is 12.1. The van der Waals surface area contributed by atoms with Gasteiger partial charge in [0.1, 0.15) is 5.75 Å². The van der Waals surface area contributed by atoms with Crippen LogP contribution in [0.5, 0.6) is 5.75 Å². The highest BCUT2D eigenvalue weighted by Gasteiger charge is 2.52. The highest BCUT2D eigenvalue weighted by molar-refractivity contribution is 6.63. The van der Waals surface area contributed by atoms with Crippen molar-refractivity contribution < 1.29 is 14.0 Å². The van der Waals surface area contributed by atoms with Crippen LogP contribution in [0.3, 0.4) is 0 Å². The van der Waals surface area contributed by atoms with Gasteiger partial charge in [-0.05, 0) is 52.8 Å². The summed E-state index contributed by atoms with van der Waals surface area (Å²) >= 11 is 6.07. The third-order valence-electron chi connectivity index (χ3n) is 3.78. The predicted molar refractivity (Wildman–Crippen MR) is 78.3 cm³/mol. The molecule has 0 radical (unpaired) electrons. The number of hydrogen-bond acceptors (Lipinski definition) is 3. The van der Waals surface area contributed by atoms with Crippen LogP contribution in [0.1, 0.15) is 34.6 Å². The lowest BCUT2D eigenvalue weighted by Crippen LogP contribution is -2.41. The maximum absolute atomic E-state index is 6.07. The standard InChI is InChI=1S/C14H20BClO3/c1-6-17-12-8-7-10(16)9-11(12)15-18-13(2,3)14(4,5)19-15/h7-9H,6H2,1-5H3. The molecule has 1 aliphatic heterocycles. The Hall–Kier alpha value is -0.705. The van der Waals surface area contributed by atoms with Crippen molar-refractivity contribution in [3.8, 4) is 5.75 Å². The first-order chi connectivity index (χ1) is 8.77. The Morgan fingerprint density at radius 3 is 2.26 bits per heavy atom. The van der Waals surface area contributed by atoms with E-state index >= 15 is 0 Å². The second kappa shape index (κ2) is 5.00. The number of rotatable bonds is 3. The van der Waals surface area contributed by atoms with Gasteiger partial charge in [0.15, 0.2) is 0 Å². The molecule has 0 N–H and O–H groups in total. The zero-order valence-corrected chi connectivity index (χ0v) is 12.9. The van der Waals surface area contributed by atoms with E-state index < -0.39 is 7.12 Å². The summed E-state index contributed by atoms with van der Waals surface area (Å²) in [5.74, 6) is 0.755. The van der Waals surface area contributed by atoms with Crippen LogP contribution in [0.4, 0.5) is 0 Å². The van der Waals surface area contributed by atoms with Gasteiger partial charge in [-0.1, -0.05) is 11.6 Å². The Kier molecular flexibility index (Phi) is 3.87. The molecule has 0 atom stereocenters. The van der Waals surface area contributed by atoms with Gasteiger partial charge in [0.2, 0.25) is 0 Å². The maximum Gasteiger partial charge on any atom is 0.498 e. The van der Waals surface area contributed by atoms with E-state index in [1.54, 1.807) is 6.07 Å². The minimum absolute atomic E-state index is 0.372. The summed E-state index contributed by atoms with van der Waals surface area (Å²) in [6, 6.07) is 5.50. The Balaban J connectivity index is 2.35. The molecule has 19 heavy (non-hydrogen) atoms. The Morgan fingerprint density at radius 2 is 1.74 bits per heavy atom. The summed E-state index contributed by atoms with van der Waals surface area (Å²) in [6.45, 7) is 10.6. The highest BCUT2D eigenvalue weighted by Crippen LogP contribution is 2.37. The van der Waals surface area contributed by atoms with Gasteiger partial charge in [-0.3, -0.25) is 0 Å². The van der Waals surface area contributed by atoms with Crippen LogP contribution in [-0.2, 0) is 9.31 Å². The Labute approximate surface area is 120 Å². The molecule has 1 fully saturated rings. The van der Waals surface area contributed by atoms with Gasteiger partial charge >= 0.3 is 7.12 Å². The van der Waals surface area contributed by atoms with Gasteiger partial charge < -0.3 is 14.0 Å². The molecule has 0 bridgehead atoms. The third-order valence-corrected chi connectivity index (χ3v) is 4.01. The zero-order chi connectivity index (χ0) is 14.3. The van der Waals surface area contributed by atoms with Crippen molar-refractivity contribution in [2.75, 3.05) is 6.61 Å². The van der Waals surface area contributed by atoms with E-state index in [1.165, 1.54) is 0 Å². The molecule has 2 rings (SSSR count). The van der Waals surface area contributed by atoms with Crippen molar-refractivity contribution in [2.24, 2.45) is 0 Å². The molecule has 1 aliphatic rings. The van der Waals surface area contributed by atoms with Crippen molar-refractivity contribution in [3.63, 3.8) is 0 Å². The van der Waals surface area contributed by atoms with E-state index in [0.717, 1.165) is 11.2 Å². The molecule has 0 spiro atoms. The summed E-state index contributed by atoms with van der Waals surface area (Å²) in [6.07, 6.45) is 0. The van der Waals surface area contributed by atoms with Gasteiger partial charge in [-0.15, -0.1) is 0 Å². The lowest BCUT2D eigenvalue weighted by atomic mass is 9.78. The fraction of sp³-hybridized carbons (Fsp3) is 0.571. The summed E-state index contributed by atoms with van der Waals surface area (Å²) in [4.78, 5) is 0. The molecule has 0 aliphatic carbocycles. The van der Waals surface area contributed by atoms with Crippen LogP contribution >= 0.6 is 11.6 Å². The molecule has 1 heterocycles. The van der Waals surface area contributed by atoms with E-state index in [4.69, 9.17) is 25.6 Å². The first kappa shape index (κ1) is 14.7. The Morgan fingerprint density at radius 1 is 1.16 bits per heavy atom. The average Bonchev–Trinajstić information content (AvgIpc) is 2.51. The van der Waals surface area contributed by atoms with Crippen molar-refractivity contribution in [2.45, 2.75) is 45.8 Å². The smallest absolute Gasteiger partial charge is 0.494 e. The molecular weight excluding hydrogens is 262 g/mol. The molecular formula is C14H20BClO3. The van der Waals surface area contributed by atoms with Crippen molar-refractivity contribution in [1.82, 2.24) is 0 Å². The minimum Gasteiger partial charge on any atom is -0.494 e. The van der Waals surface area contributed by atoms with Gasteiger partial charge in [0.05, 0.1) is 17.8 Å². The normalized spacial score (nSPS) is 20.6. The van der Waals surface area contributed by atoms with Gasteiger partial charge in [-0.2, -0.15) is 0 Å². The van der Waals surface area contributed by atoms with Crippen LogP contribution in [0.2, 0.25) is 5.02 Å². The van der Waals surface area contributed by atoms with Gasteiger partial charge in [0.25, 0.3) is 0 Å². The number of hydrogen-bond donors (Lipinski definition) is 0. The molecule has 1 saturated heterocycles. The summed E-state index contributed by atoms with van der Waals surface area (Å²) in [7, 11) is -0.453. The molecule has 0 unspecified atom stereocenters. The molecule has 0 saturated carbocycles. The highest BCUT2D eigenvalue weighted by atomic mass is 35.5.